The van der Waals surface area contributed by atoms with Crippen molar-refractivity contribution >= 4 is 40.3 Å². The smallest absolute Gasteiger partial charge is 0.107 e. The van der Waals surface area contributed by atoms with E-state index in [-0.39, 0.29) is 0 Å². The average Bonchev–Trinajstić information content (AvgIpc) is 2.47. The molecule has 0 spiro atoms. The number of thioether (sulfide) groups is 1. The van der Waals surface area contributed by atoms with Gasteiger partial charge in [0, 0.05) is 28.9 Å². The van der Waals surface area contributed by atoms with Crippen LogP contribution >= 0.6 is 24.0 Å². The monoisotopic (exact) mass is 318 g/mol. The van der Waals surface area contributed by atoms with Gasteiger partial charge in [-0.05, 0) is 36.1 Å². The fraction of sp³-hybridized carbons (Fsp3) is 0.188. The highest BCUT2D eigenvalue weighted by Crippen LogP contribution is 2.29. The summed E-state index contributed by atoms with van der Waals surface area (Å²) in [5, 5.41) is 3.39. The third kappa shape index (κ3) is 3.97. The molecular formula is C16H18N2OS2. The van der Waals surface area contributed by atoms with Crippen molar-refractivity contribution in [1.82, 2.24) is 0 Å². The van der Waals surface area contributed by atoms with E-state index < -0.39 is 0 Å². The topological polar surface area (TPSA) is 47.3 Å². The van der Waals surface area contributed by atoms with Crippen molar-refractivity contribution in [3.63, 3.8) is 0 Å². The summed E-state index contributed by atoms with van der Waals surface area (Å²) in [6.07, 6.45) is 2.01. The second-order valence-electron chi connectivity index (χ2n) is 4.51. The molecule has 0 atom stereocenters. The summed E-state index contributed by atoms with van der Waals surface area (Å²) in [7, 11) is 1.69. The number of anilines is 2. The van der Waals surface area contributed by atoms with E-state index in [4.69, 9.17) is 22.7 Å². The van der Waals surface area contributed by atoms with E-state index in [2.05, 4.69) is 11.4 Å². The predicted molar refractivity (Wildman–Crippen MR) is 94.5 cm³/mol. The van der Waals surface area contributed by atoms with Gasteiger partial charge in [-0.2, -0.15) is 0 Å². The summed E-state index contributed by atoms with van der Waals surface area (Å²) in [6, 6.07) is 14.1. The predicted octanol–water partition coefficient (Wildman–Crippen LogP) is 3.93. The van der Waals surface area contributed by atoms with Crippen LogP contribution < -0.4 is 11.1 Å². The summed E-state index contributed by atoms with van der Waals surface area (Å²) < 4.78 is 5.16. The number of hydrogen-bond donors (Lipinski definition) is 2. The first-order valence-corrected chi connectivity index (χ1v) is 8.10. The van der Waals surface area contributed by atoms with Crippen LogP contribution in [0.3, 0.4) is 0 Å². The van der Waals surface area contributed by atoms with Gasteiger partial charge in [0.2, 0.25) is 0 Å². The zero-order valence-electron chi connectivity index (χ0n) is 12.1. The number of ether oxygens (including phenoxy) is 1. The van der Waals surface area contributed by atoms with Gasteiger partial charge in [0.15, 0.2) is 0 Å². The van der Waals surface area contributed by atoms with Crippen LogP contribution in [0.25, 0.3) is 0 Å². The first-order valence-electron chi connectivity index (χ1n) is 6.47. The lowest BCUT2D eigenvalue weighted by atomic mass is 10.1. The molecule has 0 bridgehead atoms. The minimum atomic E-state index is 0.399. The number of thiocarbonyl (C=S) groups is 1. The summed E-state index contributed by atoms with van der Waals surface area (Å²) >= 11 is 6.82. The number of benzene rings is 2. The minimum absolute atomic E-state index is 0.399. The van der Waals surface area contributed by atoms with Crippen LogP contribution in [0, 0.1) is 0 Å². The Hall–Kier alpha value is -1.56. The van der Waals surface area contributed by atoms with Crippen LogP contribution in [-0.4, -0.2) is 18.4 Å². The Balaban J connectivity index is 2.35. The summed E-state index contributed by atoms with van der Waals surface area (Å²) in [5.74, 6) is 0. The fourth-order valence-electron chi connectivity index (χ4n) is 2.12. The van der Waals surface area contributed by atoms with Gasteiger partial charge in [-0.25, -0.2) is 0 Å². The number of hydrogen-bond acceptors (Lipinski definition) is 4. The molecule has 0 amide bonds. The molecule has 0 saturated heterocycles. The molecule has 3 N–H and O–H groups in total. The average molecular weight is 318 g/mol. The highest BCUT2D eigenvalue weighted by molar-refractivity contribution is 7.98. The van der Waals surface area contributed by atoms with Gasteiger partial charge in [-0.3, -0.25) is 0 Å². The zero-order chi connectivity index (χ0) is 15.2. The van der Waals surface area contributed by atoms with Crippen LogP contribution in [0.15, 0.2) is 47.4 Å². The maximum Gasteiger partial charge on any atom is 0.107 e. The molecule has 0 saturated carbocycles. The lowest BCUT2D eigenvalue weighted by Crippen LogP contribution is -2.13. The van der Waals surface area contributed by atoms with Crippen molar-refractivity contribution in [3.05, 3.63) is 53.6 Å². The molecule has 0 fully saturated rings. The van der Waals surface area contributed by atoms with Gasteiger partial charge in [0.1, 0.15) is 4.99 Å². The standard InChI is InChI=1S/C16H18N2OS2/c1-19-10-11-5-3-6-12(9-11)18-13-7-4-8-14(21-2)15(13)16(17)20/h3-9,18H,10H2,1-2H3,(H2,17,20). The quantitative estimate of drug-likeness (QED) is 0.624. The Bertz CT molecular complexity index is 644. The fourth-order valence-corrected chi connectivity index (χ4v) is 3.04. The molecule has 0 heterocycles. The number of rotatable bonds is 6. The molecule has 3 nitrogen and oxygen atoms in total. The molecule has 2 aromatic carbocycles. The Morgan fingerprint density at radius 1 is 1.29 bits per heavy atom. The van der Waals surface area contributed by atoms with Crippen LogP contribution in [-0.2, 0) is 11.3 Å². The van der Waals surface area contributed by atoms with Gasteiger partial charge < -0.3 is 15.8 Å². The molecule has 0 unspecified atom stereocenters. The Kier molecular flexibility index (Phi) is 5.61. The van der Waals surface area contributed by atoms with E-state index in [1.165, 1.54) is 0 Å². The second-order valence-corrected chi connectivity index (χ2v) is 5.79. The van der Waals surface area contributed by atoms with Crippen molar-refractivity contribution in [3.8, 4) is 0 Å². The van der Waals surface area contributed by atoms with Crippen molar-refractivity contribution < 1.29 is 4.74 Å². The van der Waals surface area contributed by atoms with Gasteiger partial charge in [0.05, 0.1) is 6.61 Å². The van der Waals surface area contributed by atoms with Gasteiger partial charge in [-0.15, -0.1) is 11.8 Å². The maximum absolute atomic E-state index is 5.88. The Labute approximate surface area is 134 Å². The Morgan fingerprint density at radius 3 is 2.71 bits per heavy atom. The largest absolute Gasteiger partial charge is 0.389 e. The van der Waals surface area contributed by atoms with Crippen LogP contribution in [0.5, 0.6) is 0 Å². The minimum Gasteiger partial charge on any atom is -0.389 e. The molecule has 21 heavy (non-hydrogen) atoms. The first-order chi connectivity index (χ1) is 10.2. The second kappa shape index (κ2) is 7.45. The number of nitrogens with two attached hydrogens (primary N) is 1. The lowest BCUT2D eigenvalue weighted by molar-refractivity contribution is 0.185. The molecule has 5 heteroatoms. The third-order valence-corrected chi connectivity index (χ3v) is 3.99. The molecule has 2 rings (SSSR count). The van der Waals surface area contributed by atoms with Gasteiger partial charge in [-0.1, -0.05) is 30.4 Å². The highest BCUT2D eigenvalue weighted by atomic mass is 32.2. The zero-order valence-corrected chi connectivity index (χ0v) is 13.7. The molecule has 0 aromatic heterocycles. The molecule has 0 aliphatic rings. The number of methoxy groups -OCH3 is 1. The van der Waals surface area contributed by atoms with Crippen LogP contribution in [0.1, 0.15) is 11.1 Å². The summed E-state index contributed by atoms with van der Waals surface area (Å²) in [5.41, 5.74) is 9.78. The van der Waals surface area contributed by atoms with Crippen LogP contribution in [0.2, 0.25) is 0 Å². The van der Waals surface area contributed by atoms with Gasteiger partial charge in [0.25, 0.3) is 0 Å². The van der Waals surface area contributed by atoms with Crippen molar-refractivity contribution in [2.75, 3.05) is 18.7 Å². The van der Waals surface area contributed by atoms with Crippen molar-refractivity contribution in [1.29, 1.82) is 0 Å². The Morgan fingerprint density at radius 2 is 2.05 bits per heavy atom. The summed E-state index contributed by atoms with van der Waals surface area (Å²) in [4.78, 5) is 1.47. The van der Waals surface area contributed by atoms with E-state index in [0.29, 0.717) is 11.6 Å². The van der Waals surface area contributed by atoms with E-state index in [0.717, 1.165) is 27.4 Å². The highest BCUT2D eigenvalue weighted by Gasteiger charge is 2.10. The first kappa shape index (κ1) is 15.8. The van der Waals surface area contributed by atoms with E-state index in [1.807, 2.05) is 42.7 Å². The SMILES string of the molecule is COCc1cccc(Nc2cccc(SC)c2C(N)=S)c1. The molecular weight excluding hydrogens is 300 g/mol. The van der Waals surface area contributed by atoms with Crippen LogP contribution in [0.4, 0.5) is 11.4 Å². The normalized spacial score (nSPS) is 10.4. The number of nitrogens with one attached hydrogen (secondary N) is 1. The molecule has 0 aliphatic heterocycles. The molecule has 2 aromatic rings. The maximum atomic E-state index is 5.88. The van der Waals surface area contributed by atoms with Gasteiger partial charge >= 0.3 is 0 Å². The van der Waals surface area contributed by atoms with E-state index in [9.17, 15) is 0 Å². The third-order valence-electron chi connectivity index (χ3n) is 3.01. The van der Waals surface area contributed by atoms with Crippen molar-refractivity contribution in [2.45, 2.75) is 11.5 Å². The lowest BCUT2D eigenvalue weighted by Gasteiger charge is -2.15. The molecule has 110 valence electrons. The van der Waals surface area contributed by atoms with E-state index >= 15 is 0 Å². The van der Waals surface area contributed by atoms with E-state index in [1.54, 1.807) is 18.9 Å². The van der Waals surface area contributed by atoms with Crippen molar-refractivity contribution in [2.24, 2.45) is 5.73 Å². The molecule has 0 radical (unpaired) electrons. The molecule has 0 aliphatic carbocycles. The summed E-state index contributed by atoms with van der Waals surface area (Å²) in [6.45, 7) is 0.586.